The lowest BCUT2D eigenvalue weighted by atomic mass is 9.97. The maximum Gasteiger partial charge on any atom is 0.228 e. The van der Waals surface area contributed by atoms with E-state index in [4.69, 9.17) is 0 Å². The van der Waals surface area contributed by atoms with Gasteiger partial charge in [-0.1, -0.05) is 26.0 Å². The number of anilines is 1. The largest absolute Gasteiger partial charge is 0.326 e. The lowest BCUT2D eigenvalue weighted by molar-refractivity contribution is -0.120. The van der Waals surface area contributed by atoms with Gasteiger partial charge in [-0.3, -0.25) is 4.79 Å². The number of hydrogen-bond acceptors (Lipinski definition) is 2. The van der Waals surface area contributed by atoms with Crippen molar-refractivity contribution < 1.29 is 4.79 Å². The summed E-state index contributed by atoms with van der Waals surface area (Å²) in [6, 6.07) is 8.25. The highest BCUT2D eigenvalue weighted by atomic mass is 16.1. The van der Waals surface area contributed by atoms with Crippen LogP contribution >= 0.6 is 0 Å². The van der Waals surface area contributed by atoms with Crippen LogP contribution in [0.2, 0.25) is 0 Å². The summed E-state index contributed by atoms with van der Waals surface area (Å²) in [6.07, 6.45) is 3.22. The van der Waals surface area contributed by atoms with Gasteiger partial charge in [0.25, 0.3) is 0 Å². The molecule has 2 unspecified atom stereocenters. The van der Waals surface area contributed by atoms with E-state index in [2.05, 4.69) is 36.6 Å². The van der Waals surface area contributed by atoms with Gasteiger partial charge in [-0.25, -0.2) is 0 Å². The summed E-state index contributed by atoms with van der Waals surface area (Å²) in [5.74, 6) is 0.832. The predicted molar refractivity (Wildman–Crippen MR) is 79.4 cm³/mol. The molecule has 2 rings (SSSR count). The van der Waals surface area contributed by atoms with E-state index in [0.29, 0.717) is 5.92 Å². The summed E-state index contributed by atoms with van der Waals surface area (Å²) in [6.45, 7) is 6.25. The zero-order valence-corrected chi connectivity index (χ0v) is 11.9. The van der Waals surface area contributed by atoms with Gasteiger partial charge < -0.3 is 10.6 Å². The second-order valence-electron chi connectivity index (χ2n) is 5.46. The van der Waals surface area contributed by atoms with Crippen LogP contribution in [0.1, 0.15) is 44.6 Å². The Bertz CT molecular complexity index is 407. The second kappa shape index (κ2) is 6.71. The van der Waals surface area contributed by atoms with E-state index < -0.39 is 0 Å². The molecule has 1 amide bonds. The first-order valence-corrected chi connectivity index (χ1v) is 7.32. The predicted octanol–water partition coefficient (Wildman–Crippen LogP) is 3.14. The van der Waals surface area contributed by atoms with Crippen molar-refractivity contribution in [2.24, 2.45) is 5.92 Å². The van der Waals surface area contributed by atoms with Gasteiger partial charge in [0.05, 0.1) is 5.92 Å². The Morgan fingerprint density at radius 3 is 2.74 bits per heavy atom. The Morgan fingerprint density at radius 2 is 2.16 bits per heavy atom. The van der Waals surface area contributed by atoms with E-state index in [9.17, 15) is 4.79 Å². The van der Waals surface area contributed by atoms with E-state index >= 15 is 0 Å². The third-order valence-corrected chi connectivity index (χ3v) is 4.03. The van der Waals surface area contributed by atoms with Crippen molar-refractivity contribution in [1.82, 2.24) is 5.32 Å². The number of hydrogen-bond donors (Lipinski definition) is 2. The molecule has 1 aromatic rings. The second-order valence-corrected chi connectivity index (χ2v) is 5.46. The molecule has 1 fully saturated rings. The summed E-state index contributed by atoms with van der Waals surface area (Å²) < 4.78 is 0. The van der Waals surface area contributed by atoms with Crippen molar-refractivity contribution in [2.45, 2.75) is 39.0 Å². The Balaban J connectivity index is 1.93. The molecule has 0 spiro atoms. The minimum absolute atomic E-state index is 0.114. The highest BCUT2D eigenvalue weighted by Gasteiger charge is 2.20. The van der Waals surface area contributed by atoms with Gasteiger partial charge in [-0.15, -0.1) is 0 Å². The number of benzene rings is 1. The highest BCUT2D eigenvalue weighted by molar-refractivity contribution is 5.92. The summed E-state index contributed by atoms with van der Waals surface area (Å²) in [5, 5.41) is 6.29. The van der Waals surface area contributed by atoms with Crippen molar-refractivity contribution in [3.63, 3.8) is 0 Å². The van der Waals surface area contributed by atoms with Gasteiger partial charge in [0.1, 0.15) is 0 Å². The maximum absolute atomic E-state index is 12.1. The Kier molecular flexibility index (Phi) is 4.97. The van der Waals surface area contributed by atoms with Crippen molar-refractivity contribution in [2.75, 3.05) is 18.4 Å². The molecule has 19 heavy (non-hydrogen) atoms. The minimum Gasteiger partial charge on any atom is -0.326 e. The molecule has 1 aliphatic heterocycles. The first kappa shape index (κ1) is 14.1. The van der Waals surface area contributed by atoms with Gasteiger partial charge in [0.2, 0.25) is 5.91 Å². The first-order valence-electron chi connectivity index (χ1n) is 7.32. The van der Waals surface area contributed by atoms with Crippen LogP contribution in [0.15, 0.2) is 24.3 Å². The third-order valence-electron chi connectivity index (χ3n) is 4.03. The van der Waals surface area contributed by atoms with Gasteiger partial charge >= 0.3 is 0 Å². The number of rotatable bonds is 4. The molecule has 2 atom stereocenters. The summed E-state index contributed by atoms with van der Waals surface area (Å²) >= 11 is 0. The monoisotopic (exact) mass is 260 g/mol. The fourth-order valence-electron chi connectivity index (χ4n) is 2.45. The normalized spacial score (nSPS) is 20.8. The molecule has 3 heteroatoms. The van der Waals surface area contributed by atoms with Gasteiger partial charge in [0.15, 0.2) is 0 Å². The molecule has 1 aromatic carbocycles. The molecule has 0 saturated carbocycles. The molecule has 1 heterocycles. The fraction of sp³-hybridized carbons (Fsp3) is 0.562. The molecule has 0 bridgehead atoms. The molecule has 1 saturated heterocycles. The molecular weight excluding hydrogens is 236 g/mol. The van der Waals surface area contributed by atoms with Crippen LogP contribution in [0.25, 0.3) is 0 Å². The van der Waals surface area contributed by atoms with E-state index in [1.807, 2.05) is 12.1 Å². The molecule has 2 N–H and O–H groups in total. The van der Waals surface area contributed by atoms with Gasteiger partial charge in [-0.2, -0.15) is 0 Å². The molecule has 104 valence electrons. The molecule has 0 radical (unpaired) electrons. The fourth-order valence-corrected chi connectivity index (χ4v) is 2.45. The Morgan fingerprint density at radius 1 is 1.42 bits per heavy atom. The minimum atomic E-state index is 0.114. The van der Waals surface area contributed by atoms with Crippen LogP contribution < -0.4 is 10.6 Å². The smallest absolute Gasteiger partial charge is 0.228 e. The molecule has 3 nitrogen and oxygen atoms in total. The summed E-state index contributed by atoms with van der Waals surface area (Å²) in [4.78, 5) is 12.1. The standard InChI is InChI=1S/C16H24N2O/c1-3-12(2)13-6-8-15(9-7-13)18-16(19)14-5-4-10-17-11-14/h6-9,12,14,17H,3-5,10-11H2,1-2H3,(H,18,19). The van der Waals surface area contributed by atoms with Crippen molar-refractivity contribution >= 4 is 11.6 Å². The van der Waals surface area contributed by atoms with Crippen LogP contribution in [-0.4, -0.2) is 19.0 Å². The highest BCUT2D eigenvalue weighted by Crippen LogP contribution is 2.21. The lowest BCUT2D eigenvalue weighted by Crippen LogP contribution is -2.37. The van der Waals surface area contributed by atoms with E-state index in [1.165, 1.54) is 5.56 Å². The van der Waals surface area contributed by atoms with E-state index in [-0.39, 0.29) is 11.8 Å². The lowest BCUT2D eigenvalue weighted by Gasteiger charge is -2.22. The van der Waals surface area contributed by atoms with Crippen LogP contribution in [0.4, 0.5) is 5.69 Å². The van der Waals surface area contributed by atoms with Gasteiger partial charge in [0, 0.05) is 12.2 Å². The van der Waals surface area contributed by atoms with E-state index in [0.717, 1.165) is 38.0 Å². The third kappa shape index (κ3) is 3.80. The number of carbonyl (C=O) groups is 1. The molecule has 0 aromatic heterocycles. The Labute approximate surface area is 115 Å². The zero-order valence-electron chi connectivity index (χ0n) is 11.9. The number of amides is 1. The quantitative estimate of drug-likeness (QED) is 0.873. The number of carbonyl (C=O) groups excluding carboxylic acids is 1. The van der Waals surface area contributed by atoms with Crippen LogP contribution in [0.3, 0.4) is 0 Å². The SMILES string of the molecule is CCC(C)c1ccc(NC(=O)C2CCCNC2)cc1. The Hall–Kier alpha value is -1.35. The average molecular weight is 260 g/mol. The first-order chi connectivity index (χ1) is 9.20. The number of piperidine rings is 1. The van der Waals surface area contributed by atoms with E-state index in [1.54, 1.807) is 0 Å². The van der Waals surface area contributed by atoms with Crippen LogP contribution in [0, 0.1) is 5.92 Å². The summed E-state index contributed by atoms with van der Waals surface area (Å²) in [5.41, 5.74) is 2.24. The van der Waals surface area contributed by atoms with Crippen LogP contribution in [0.5, 0.6) is 0 Å². The van der Waals surface area contributed by atoms with Gasteiger partial charge in [-0.05, 0) is 49.4 Å². The number of nitrogens with one attached hydrogen (secondary N) is 2. The molecular formula is C16H24N2O. The topological polar surface area (TPSA) is 41.1 Å². The van der Waals surface area contributed by atoms with Crippen LogP contribution in [-0.2, 0) is 4.79 Å². The summed E-state index contributed by atoms with van der Waals surface area (Å²) in [7, 11) is 0. The van der Waals surface area contributed by atoms with Crippen molar-refractivity contribution in [1.29, 1.82) is 0 Å². The zero-order chi connectivity index (χ0) is 13.7. The molecule has 1 aliphatic rings. The average Bonchev–Trinajstić information content (AvgIpc) is 2.48. The maximum atomic E-state index is 12.1. The van der Waals surface area contributed by atoms with Crippen molar-refractivity contribution in [3.8, 4) is 0 Å². The van der Waals surface area contributed by atoms with Crippen molar-refractivity contribution in [3.05, 3.63) is 29.8 Å². The molecule has 0 aliphatic carbocycles.